The van der Waals surface area contributed by atoms with Gasteiger partial charge in [0.15, 0.2) is 0 Å². The quantitative estimate of drug-likeness (QED) is 0.727. The first-order chi connectivity index (χ1) is 13.6. The van der Waals surface area contributed by atoms with Crippen LogP contribution in [-0.2, 0) is 14.8 Å². The molecule has 1 unspecified atom stereocenters. The maximum atomic E-state index is 13.2. The average molecular weight is 445 g/mol. The average Bonchev–Trinajstić information content (AvgIpc) is 3.09. The summed E-state index contributed by atoms with van der Waals surface area (Å²) < 4.78 is 50.5. The van der Waals surface area contributed by atoms with E-state index in [1.165, 1.54) is 11.0 Å². The molecule has 0 spiro atoms. The first-order valence-corrected chi connectivity index (χ1v) is 10.5. The van der Waals surface area contributed by atoms with Crippen LogP contribution in [0.15, 0.2) is 44.4 Å². The van der Waals surface area contributed by atoms with Crippen molar-refractivity contribution in [2.75, 3.05) is 19.6 Å². The van der Waals surface area contributed by atoms with E-state index in [0.29, 0.717) is 24.5 Å². The standard InChI is InChI=1S/C18H18ClFN2O6S/c1-11-6-13(7-18(24)27-11)28-12-4-5-22(10-12)17(23)9-21-29(25,26)14-2-3-16(20)15(19)8-14/h2-3,6-8,12,21H,4-5,9-10H2,1H3. The summed E-state index contributed by atoms with van der Waals surface area (Å²) in [5.74, 6) is -0.409. The van der Waals surface area contributed by atoms with E-state index < -0.39 is 33.9 Å². The summed E-state index contributed by atoms with van der Waals surface area (Å²) in [5.41, 5.74) is -0.527. The lowest BCUT2D eigenvalue weighted by molar-refractivity contribution is -0.129. The summed E-state index contributed by atoms with van der Waals surface area (Å²) in [4.78, 5) is 25.0. The summed E-state index contributed by atoms with van der Waals surface area (Å²) in [7, 11) is -4.02. The third-order valence-electron chi connectivity index (χ3n) is 4.28. The SMILES string of the molecule is Cc1cc(OC2CCN(C(=O)CNS(=O)(=O)c3ccc(F)c(Cl)c3)C2)cc(=O)o1. The van der Waals surface area contributed by atoms with Gasteiger partial charge in [0, 0.05) is 19.0 Å². The normalized spacial score (nSPS) is 16.8. The highest BCUT2D eigenvalue weighted by Crippen LogP contribution is 2.20. The summed E-state index contributed by atoms with van der Waals surface area (Å²) in [6.45, 7) is 1.80. The van der Waals surface area contributed by atoms with Gasteiger partial charge in [-0.05, 0) is 25.1 Å². The third-order valence-corrected chi connectivity index (χ3v) is 5.97. The topological polar surface area (TPSA) is 106 Å². The zero-order valence-corrected chi connectivity index (χ0v) is 16.9. The Hall–Kier alpha value is -2.43. The highest BCUT2D eigenvalue weighted by molar-refractivity contribution is 7.89. The number of carbonyl (C=O) groups excluding carboxylic acids is 1. The van der Waals surface area contributed by atoms with Crippen molar-refractivity contribution in [2.45, 2.75) is 24.3 Å². The Morgan fingerprint density at radius 3 is 2.83 bits per heavy atom. The molecule has 2 aromatic rings. The van der Waals surface area contributed by atoms with E-state index in [0.717, 1.165) is 18.2 Å². The highest BCUT2D eigenvalue weighted by Gasteiger charge is 2.28. The van der Waals surface area contributed by atoms with Crippen LogP contribution >= 0.6 is 11.6 Å². The second kappa shape index (κ2) is 8.52. The van der Waals surface area contributed by atoms with E-state index in [1.54, 1.807) is 13.0 Å². The summed E-state index contributed by atoms with van der Waals surface area (Å²) >= 11 is 5.61. The first kappa shape index (κ1) is 21.3. The lowest BCUT2D eigenvalue weighted by Crippen LogP contribution is -2.39. The molecule has 2 heterocycles. The molecule has 1 aliphatic rings. The van der Waals surface area contributed by atoms with Gasteiger partial charge in [0.25, 0.3) is 0 Å². The van der Waals surface area contributed by atoms with Crippen LogP contribution in [0.5, 0.6) is 5.75 Å². The van der Waals surface area contributed by atoms with Gasteiger partial charge in [-0.1, -0.05) is 11.6 Å². The van der Waals surface area contributed by atoms with Crippen LogP contribution in [0, 0.1) is 12.7 Å². The number of benzene rings is 1. The van der Waals surface area contributed by atoms with Crippen molar-refractivity contribution in [1.82, 2.24) is 9.62 Å². The zero-order valence-electron chi connectivity index (χ0n) is 15.4. The van der Waals surface area contributed by atoms with E-state index in [-0.39, 0.29) is 22.6 Å². The molecule has 1 saturated heterocycles. The Balaban J connectivity index is 1.56. The molecule has 1 aromatic heterocycles. The van der Waals surface area contributed by atoms with Gasteiger partial charge in [-0.2, -0.15) is 0 Å². The zero-order chi connectivity index (χ0) is 21.2. The van der Waals surface area contributed by atoms with Crippen LogP contribution in [0.1, 0.15) is 12.2 Å². The maximum Gasteiger partial charge on any atom is 0.339 e. The number of halogens is 2. The Morgan fingerprint density at radius 2 is 2.14 bits per heavy atom. The smallest absolute Gasteiger partial charge is 0.339 e. The van der Waals surface area contributed by atoms with E-state index >= 15 is 0 Å². The Morgan fingerprint density at radius 1 is 1.38 bits per heavy atom. The van der Waals surface area contributed by atoms with Crippen LogP contribution in [0.4, 0.5) is 4.39 Å². The minimum absolute atomic E-state index is 0.238. The monoisotopic (exact) mass is 444 g/mol. The van der Waals surface area contributed by atoms with Crippen molar-refractivity contribution < 1.29 is 26.8 Å². The number of ether oxygens (including phenoxy) is 1. The molecule has 8 nitrogen and oxygen atoms in total. The number of nitrogens with zero attached hydrogens (tertiary/aromatic N) is 1. The Labute approximate surface area is 171 Å². The number of hydrogen-bond donors (Lipinski definition) is 1. The van der Waals surface area contributed by atoms with Gasteiger partial charge in [0.2, 0.25) is 15.9 Å². The number of sulfonamides is 1. The largest absolute Gasteiger partial charge is 0.488 e. The lowest BCUT2D eigenvalue weighted by atomic mass is 10.3. The van der Waals surface area contributed by atoms with Crippen LogP contribution in [0.25, 0.3) is 0 Å². The van der Waals surface area contributed by atoms with Crippen molar-refractivity contribution in [3.63, 3.8) is 0 Å². The number of rotatable bonds is 6. The molecular formula is C18H18ClFN2O6S. The second-order valence-corrected chi connectivity index (χ2v) is 8.67. The molecule has 0 saturated carbocycles. The van der Waals surface area contributed by atoms with E-state index in [9.17, 15) is 22.4 Å². The van der Waals surface area contributed by atoms with Crippen LogP contribution in [0.2, 0.25) is 5.02 Å². The van der Waals surface area contributed by atoms with Gasteiger partial charge in [-0.3, -0.25) is 4.79 Å². The molecule has 1 N–H and O–H groups in total. The van der Waals surface area contributed by atoms with Crippen molar-refractivity contribution in [1.29, 1.82) is 0 Å². The predicted molar refractivity (Wildman–Crippen MR) is 102 cm³/mol. The van der Waals surface area contributed by atoms with Crippen LogP contribution in [0.3, 0.4) is 0 Å². The van der Waals surface area contributed by atoms with Crippen molar-refractivity contribution in [3.8, 4) is 5.75 Å². The molecule has 1 amide bonds. The third kappa shape index (κ3) is 5.34. The Kier molecular flexibility index (Phi) is 6.25. The van der Waals surface area contributed by atoms with Crippen molar-refractivity contribution in [3.05, 3.63) is 57.4 Å². The molecule has 3 rings (SSSR count). The van der Waals surface area contributed by atoms with E-state index in [2.05, 4.69) is 4.72 Å². The van der Waals surface area contributed by atoms with E-state index in [1.807, 2.05) is 0 Å². The predicted octanol–water partition coefficient (Wildman–Crippen LogP) is 1.70. The second-order valence-electron chi connectivity index (χ2n) is 6.49. The van der Waals surface area contributed by atoms with E-state index in [4.69, 9.17) is 20.8 Å². The van der Waals surface area contributed by atoms with Crippen molar-refractivity contribution in [2.24, 2.45) is 0 Å². The summed E-state index contributed by atoms with van der Waals surface area (Å²) in [5, 5.41) is -0.330. The minimum Gasteiger partial charge on any atom is -0.488 e. The first-order valence-electron chi connectivity index (χ1n) is 8.65. The highest BCUT2D eigenvalue weighted by atomic mass is 35.5. The molecule has 1 aliphatic heterocycles. The number of amides is 1. The number of carbonyl (C=O) groups is 1. The maximum absolute atomic E-state index is 13.2. The molecule has 29 heavy (non-hydrogen) atoms. The number of aryl methyl sites for hydroxylation is 1. The van der Waals surface area contributed by atoms with Gasteiger partial charge in [-0.25, -0.2) is 22.3 Å². The van der Waals surface area contributed by atoms with Gasteiger partial charge < -0.3 is 14.1 Å². The minimum atomic E-state index is -4.02. The fourth-order valence-corrected chi connectivity index (χ4v) is 4.13. The van der Waals surface area contributed by atoms with Gasteiger partial charge in [0.05, 0.1) is 29.1 Å². The molecule has 1 fully saturated rings. The fourth-order valence-electron chi connectivity index (χ4n) is 2.88. The van der Waals surface area contributed by atoms with Gasteiger partial charge in [-0.15, -0.1) is 0 Å². The van der Waals surface area contributed by atoms with Gasteiger partial charge >= 0.3 is 5.63 Å². The molecule has 1 atom stereocenters. The summed E-state index contributed by atoms with van der Waals surface area (Å²) in [6, 6.07) is 5.77. The van der Waals surface area contributed by atoms with Gasteiger partial charge in [0.1, 0.15) is 23.4 Å². The van der Waals surface area contributed by atoms with Crippen LogP contribution < -0.4 is 15.1 Å². The summed E-state index contributed by atoms with van der Waals surface area (Å²) in [6.07, 6.45) is 0.207. The lowest BCUT2D eigenvalue weighted by Gasteiger charge is -2.17. The number of hydrogen-bond acceptors (Lipinski definition) is 6. The number of nitrogens with one attached hydrogen (secondary N) is 1. The van der Waals surface area contributed by atoms with Crippen molar-refractivity contribution >= 4 is 27.5 Å². The fraction of sp³-hybridized carbons (Fsp3) is 0.333. The molecule has 0 aliphatic carbocycles. The van der Waals surface area contributed by atoms with Crippen LogP contribution in [-0.4, -0.2) is 45.0 Å². The Bertz CT molecular complexity index is 1090. The molecule has 0 bridgehead atoms. The molecular weight excluding hydrogens is 427 g/mol. The molecule has 11 heteroatoms. The molecule has 156 valence electrons. The molecule has 1 aromatic carbocycles. The molecule has 0 radical (unpaired) electrons. The number of likely N-dealkylation sites (tertiary alicyclic amines) is 1.